The second kappa shape index (κ2) is 8.56. The summed E-state index contributed by atoms with van der Waals surface area (Å²) in [6, 6.07) is 14.7. The van der Waals surface area contributed by atoms with E-state index in [1.165, 1.54) is 17.7 Å². The van der Waals surface area contributed by atoms with Crippen molar-refractivity contribution in [2.24, 2.45) is 4.99 Å². The molecule has 0 spiro atoms. The maximum absolute atomic E-state index is 13.1. The van der Waals surface area contributed by atoms with Crippen molar-refractivity contribution in [2.45, 2.75) is 6.54 Å². The van der Waals surface area contributed by atoms with Crippen LogP contribution >= 0.6 is 0 Å². The topological polar surface area (TPSA) is 40.1 Å². The molecule has 0 aliphatic carbocycles. The number of hydrogen-bond donors (Lipinski definition) is 1. The van der Waals surface area contributed by atoms with E-state index in [-0.39, 0.29) is 5.82 Å². The van der Waals surface area contributed by atoms with Crippen molar-refractivity contribution in [1.29, 1.82) is 0 Å². The lowest BCUT2D eigenvalue weighted by Gasteiger charge is -2.37. The van der Waals surface area contributed by atoms with Crippen molar-refractivity contribution < 1.29 is 9.13 Å². The van der Waals surface area contributed by atoms with Gasteiger partial charge < -0.3 is 19.9 Å². The third-order valence-corrected chi connectivity index (χ3v) is 4.59. The molecule has 0 atom stereocenters. The molecule has 0 aromatic heterocycles. The highest BCUT2D eigenvalue weighted by molar-refractivity contribution is 5.80. The fourth-order valence-corrected chi connectivity index (χ4v) is 3.09. The minimum Gasteiger partial charge on any atom is -0.497 e. The molecule has 1 N–H and O–H groups in total. The lowest BCUT2D eigenvalue weighted by molar-refractivity contribution is 0.372. The Morgan fingerprint density at radius 3 is 2.27 bits per heavy atom. The maximum atomic E-state index is 13.1. The van der Waals surface area contributed by atoms with E-state index in [1.54, 1.807) is 7.11 Å². The molecule has 0 amide bonds. The number of halogens is 1. The summed E-state index contributed by atoms with van der Waals surface area (Å²) >= 11 is 0. The number of methoxy groups -OCH3 is 1. The zero-order valence-electron chi connectivity index (χ0n) is 15.3. The van der Waals surface area contributed by atoms with E-state index in [1.807, 2.05) is 43.4 Å². The molecule has 1 aliphatic heterocycles. The third-order valence-electron chi connectivity index (χ3n) is 4.59. The fraction of sp³-hybridized carbons (Fsp3) is 0.350. The van der Waals surface area contributed by atoms with Crippen molar-refractivity contribution in [1.82, 2.24) is 10.2 Å². The van der Waals surface area contributed by atoms with E-state index in [0.29, 0.717) is 0 Å². The number of anilines is 1. The quantitative estimate of drug-likeness (QED) is 0.676. The highest BCUT2D eigenvalue weighted by Gasteiger charge is 2.19. The van der Waals surface area contributed by atoms with Crippen LogP contribution in [0.4, 0.5) is 10.1 Å². The van der Waals surface area contributed by atoms with Gasteiger partial charge in [0.05, 0.1) is 7.11 Å². The number of nitrogens with zero attached hydrogens (tertiary/aromatic N) is 3. The van der Waals surface area contributed by atoms with Crippen LogP contribution in [0.2, 0.25) is 0 Å². The van der Waals surface area contributed by atoms with Crippen LogP contribution in [0, 0.1) is 5.82 Å². The number of aliphatic imine (C=N–C) groups is 1. The van der Waals surface area contributed by atoms with Gasteiger partial charge in [-0.15, -0.1) is 0 Å². The predicted molar refractivity (Wildman–Crippen MR) is 103 cm³/mol. The van der Waals surface area contributed by atoms with Crippen molar-refractivity contribution in [3.05, 3.63) is 59.9 Å². The first-order chi connectivity index (χ1) is 12.7. The molecule has 2 aromatic carbocycles. The van der Waals surface area contributed by atoms with Crippen LogP contribution in [0.25, 0.3) is 0 Å². The van der Waals surface area contributed by atoms with Crippen LogP contribution in [0.1, 0.15) is 5.56 Å². The molecule has 1 fully saturated rings. The van der Waals surface area contributed by atoms with Crippen LogP contribution in [0.3, 0.4) is 0 Å². The number of rotatable bonds is 4. The molecule has 26 heavy (non-hydrogen) atoms. The number of ether oxygens (including phenoxy) is 1. The van der Waals surface area contributed by atoms with Crippen LogP contribution in [0.5, 0.6) is 5.75 Å². The van der Waals surface area contributed by atoms with Gasteiger partial charge in [-0.1, -0.05) is 12.1 Å². The average Bonchev–Trinajstić information content (AvgIpc) is 2.70. The molecule has 0 unspecified atom stereocenters. The van der Waals surface area contributed by atoms with Crippen molar-refractivity contribution in [2.75, 3.05) is 45.2 Å². The Morgan fingerprint density at radius 1 is 1.04 bits per heavy atom. The Balaban J connectivity index is 1.52. The molecular weight excluding hydrogens is 331 g/mol. The van der Waals surface area contributed by atoms with Gasteiger partial charge in [0.15, 0.2) is 5.96 Å². The van der Waals surface area contributed by atoms with Crippen molar-refractivity contribution in [3.8, 4) is 5.75 Å². The highest BCUT2D eigenvalue weighted by atomic mass is 19.1. The molecule has 3 rings (SSSR count). The van der Waals surface area contributed by atoms with Gasteiger partial charge in [0.2, 0.25) is 0 Å². The van der Waals surface area contributed by atoms with E-state index in [4.69, 9.17) is 4.74 Å². The van der Waals surface area contributed by atoms with Gasteiger partial charge in [0.1, 0.15) is 11.6 Å². The molecule has 138 valence electrons. The van der Waals surface area contributed by atoms with Gasteiger partial charge in [0.25, 0.3) is 0 Å². The Hall–Kier alpha value is -2.76. The monoisotopic (exact) mass is 356 g/mol. The molecule has 6 heteroatoms. The summed E-state index contributed by atoms with van der Waals surface area (Å²) in [7, 11) is 3.48. The normalized spacial score (nSPS) is 15.1. The average molecular weight is 356 g/mol. The summed E-state index contributed by atoms with van der Waals surface area (Å²) in [4.78, 5) is 8.93. The number of benzene rings is 2. The second-order valence-corrected chi connectivity index (χ2v) is 6.20. The summed E-state index contributed by atoms with van der Waals surface area (Å²) in [6.07, 6.45) is 0. The molecule has 1 saturated heterocycles. The summed E-state index contributed by atoms with van der Waals surface area (Å²) in [6.45, 7) is 4.23. The Labute approximate surface area is 154 Å². The van der Waals surface area contributed by atoms with Crippen LogP contribution in [-0.4, -0.2) is 51.2 Å². The lowest BCUT2D eigenvalue weighted by atomic mass is 10.2. The van der Waals surface area contributed by atoms with Gasteiger partial charge in [-0.3, -0.25) is 4.99 Å². The first-order valence-corrected chi connectivity index (χ1v) is 8.78. The Morgan fingerprint density at radius 2 is 1.69 bits per heavy atom. The molecule has 1 heterocycles. The van der Waals surface area contributed by atoms with Crippen LogP contribution in [0.15, 0.2) is 53.5 Å². The summed E-state index contributed by atoms with van der Waals surface area (Å²) in [5.74, 6) is 1.56. The zero-order valence-corrected chi connectivity index (χ0v) is 15.3. The molecule has 1 aliphatic rings. The van der Waals surface area contributed by atoms with E-state index in [2.05, 4.69) is 20.1 Å². The summed E-state index contributed by atoms with van der Waals surface area (Å²) < 4.78 is 18.3. The maximum Gasteiger partial charge on any atom is 0.194 e. The number of hydrogen-bond acceptors (Lipinski definition) is 3. The standard InChI is InChI=1S/C20H25FN4O/c1-22-20(23-15-16-3-9-19(26-2)10-4-16)25-13-11-24(12-14-25)18-7-5-17(21)6-8-18/h3-10H,11-15H2,1-2H3,(H,22,23). The van der Waals surface area contributed by atoms with Gasteiger partial charge >= 0.3 is 0 Å². The van der Waals surface area contributed by atoms with Gasteiger partial charge in [-0.25, -0.2) is 4.39 Å². The smallest absolute Gasteiger partial charge is 0.194 e. The first kappa shape index (κ1) is 18.0. The predicted octanol–water partition coefficient (Wildman–Crippen LogP) is 2.73. The number of guanidine groups is 1. The number of nitrogens with one attached hydrogen (secondary N) is 1. The van der Waals surface area contributed by atoms with E-state index >= 15 is 0 Å². The summed E-state index contributed by atoms with van der Waals surface area (Å²) in [5.41, 5.74) is 2.24. The molecule has 0 saturated carbocycles. The molecule has 2 aromatic rings. The van der Waals surface area contributed by atoms with Gasteiger partial charge in [0, 0.05) is 45.5 Å². The molecule has 0 radical (unpaired) electrons. The number of piperazine rings is 1. The van der Waals surface area contributed by atoms with Crippen LogP contribution < -0.4 is 15.0 Å². The van der Waals surface area contributed by atoms with Crippen molar-refractivity contribution in [3.63, 3.8) is 0 Å². The largest absolute Gasteiger partial charge is 0.497 e. The third kappa shape index (κ3) is 4.45. The molecule has 5 nitrogen and oxygen atoms in total. The minimum atomic E-state index is -0.199. The minimum absolute atomic E-state index is 0.199. The van der Waals surface area contributed by atoms with Crippen LogP contribution in [-0.2, 0) is 6.54 Å². The highest BCUT2D eigenvalue weighted by Crippen LogP contribution is 2.17. The van der Waals surface area contributed by atoms with E-state index < -0.39 is 0 Å². The SMILES string of the molecule is CN=C(NCc1ccc(OC)cc1)N1CCN(c2ccc(F)cc2)CC1. The van der Waals surface area contributed by atoms with E-state index in [0.717, 1.165) is 50.1 Å². The first-order valence-electron chi connectivity index (χ1n) is 8.78. The van der Waals surface area contributed by atoms with E-state index in [9.17, 15) is 4.39 Å². The Kier molecular flexibility index (Phi) is 5.94. The molecular formula is C20H25FN4O. The lowest BCUT2D eigenvalue weighted by Crippen LogP contribution is -2.52. The second-order valence-electron chi connectivity index (χ2n) is 6.20. The Bertz CT molecular complexity index is 722. The van der Waals surface area contributed by atoms with Gasteiger partial charge in [-0.05, 0) is 42.0 Å². The zero-order chi connectivity index (χ0) is 18.4. The van der Waals surface area contributed by atoms with Crippen molar-refractivity contribution >= 4 is 11.6 Å². The summed E-state index contributed by atoms with van der Waals surface area (Å²) in [5, 5.41) is 3.42. The molecule has 0 bridgehead atoms. The van der Waals surface area contributed by atoms with Gasteiger partial charge in [-0.2, -0.15) is 0 Å². The fourth-order valence-electron chi connectivity index (χ4n) is 3.09.